The van der Waals surface area contributed by atoms with Gasteiger partial charge in [-0.15, -0.1) is 0 Å². The van der Waals surface area contributed by atoms with Gasteiger partial charge in [-0.25, -0.2) is 0 Å². The van der Waals surface area contributed by atoms with Crippen LogP contribution in [0.4, 0.5) is 0 Å². The SMILES string of the molecule is CCc1c(C(=O)N(C)C2CCCCCC2)cnn1Cc1ccccc1. The van der Waals surface area contributed by atoms with E-state index in [1.165, 1.54) is 31.2 Å². The number of carbonyl (C=O) groups is 1. The number of rotatable bonds is 5. The van der Waals surface area contributed by atoms with Gasteiger partial charge in [0, 0.05) is 13.1 Å². The van der Waals surface area contributed by atoms with Gasteiger partial charge in [0.25, 0.3) is 5.91 Å². The predicted molar refractivity (Wildman–Crippen MR) is 101 cm³/mol. The monoisotopic (exact) mass is 339 g/mol. The van der Waals surface area contributed by atoms with Gasteiger partial charge in [0.2, 0.25) is 0 Å². The molecule has 4 heteroatoms. The average Bonchev–Trinajstić information content (AvgIpc) is 2.85. The Morgan fingerprint density at radius 2 is 1.84 bits per heavy atom. The second-order valence-corrected chi connectivity index (χ2v) is 7.06. The minimum absolute atomic E-state index is 0.128. The number of carbonyl (C=O) groups excluding carboxylic acids is 1. The third-order valence-corrected chi connectivity index (χ3v) is 5.38. The molecule has 0 atom stereocenters. The molecular formula is C21H29N3O. The molecule has 0 aliphatic heterocycles. The second-order valence-electron chi connectivity index (χ2n) is 7.06. The molecular weight excluding hydrogens is 310 g/mol. The minimum Gasteiger partial charge on any atom is -0.339 e. The molecule has 0 saturated heterocycles. The van der Waals surface area contributed by atoms with E-state index in [2.05, 4.69) is 24.2 Å². The molecule has 1 fully saturated rings. The average molecular weight is 339 g/mol. The van der Waals surface area contributed by atoms with E-state index in [9.17, 15) is 4.79 Å². The maximum absolute atomic E-state index is 13.1. The Kier molecular flexibility index (Phi) is 5.90. The van der Waals surface area contributed by atoms with E-state index < -0.39 is 0 Å². The smallest absolute Gasteiger partial charge is 0.257 e. The Morgan fingerprint density at radius 1 is 1.16 bits per heavy atom. The van der Waals surface area contributed by atoms with Gasteiger partial charge in [-0.2, -0.15) is 5.10 Å². The summed E-state index contributed by atoms with van der Waals surface area (Å²) >= 11 is 0. The van der Waals surface area contributed by atoms with Crippen LogP contribution in [0.5, 0.6) is 0 Å². The molecule has 1 aromatic heterocycles. The zero-order chi connectivity index (χ0) is 17.6. The lowest BCUT2D eigenvalue weighted by Crippen LogP contribution is -2.37. The summed E-state index contributed by atoms with van der Waals surface area (Å²) in [6.45, 7) is 2.81. The van der Waals surface area contributed by atoms with Gasteiger partial charge >= 0.3 is 0 Å². The highest BCUT2D eigenvalue weighted by molar-refractivity contribution is 5.95. The number of aromatic nitrogens is 2. The molecule has 1 aromatic carbocycles. The molecule has 0 N–H and O–H groups in total. The highest BCUT2D eigenvalue weighted by Crippen LogP contribution is 2.23. The van der Waals surface area contributed by atoms with Crippen molar-refractivity contribution in [2.45, 2.75) is 64.5 Å². The predicted octanol–water partition coefficient (Wildman–Crippen LogP) is 4.29. The number of nitrogens with zero attached hydrogens (tertiary/aromatic N) is 3. The fraction of sp³-hybridized carbons (Fsp3) is 0.524. The van der Waals surface area contributed by atoms with Crippen molar-refractivity contribution in [1.82, 2.24) is 14.7 Å². The number of hydrogen-bond donors (Lipinski definition) is 0. The van der Waals surface area contributed by atoms with Crippen LogP contribution in [-0.2, 0) is 13.0 Å². The molecule has 134 valence electrons. The Morgan fingerprint density at radius 3 is 2.48 bits per heavy atom. The third kappa shape index (κ3) is 4.12. The first-order valence-corrected chi connectivity index (χ1v) is 9.56. The molecule has 1 aliphatic rings. The highest BCUT2D eigenvalue weighted by Gasteiger charge is 2.25. The quantitative estimate of drug-likeness (QED) is 0.762. The van der Waals surface area contributed by atoms with E-state index in [0.717, 1.165) is 30.5 Å². The van der Waals surface area contributed by atoms with Gasteiger partial charge in [-0.3, -0.25) is 9.48 Å². The van der Waals surface area contributed by atoms with E-state index in [4.69, 9.17) is 0 Å². The lowest BCUT2D eigenvalue weighted by molar-refractivity contribution is 0.0716. The van der Waals surface area contributed by atoms with Gasteiger partial charge in [0.05, 0.1) is 24.0 Å². The highest BCUT2D eigenvalue weighted by atomic mass is 16.2. The van der Waals surface area contributed by atoms with Gasteiger partial charge < -0.3 is 4.90 Å². The number of hydrogen-bond acceptors (Lipinski definition) is 2. The first kappa shape index (κ1) is 17.7. The molecule has 0 unspecified atom stereocenters. The topological polar surface area (TPSA) is 38.1 Å². The lowest BCUT2D eigenvalue weighted by Gasteiger charge is -2.27. The van der Waals surface area contributed by atoms with E-state index in [0.29, 0.717) is 12.6 Å². The van der Waals surface area contributed by atoms with Crippen LogP contribution in [0.25, 0.3) is 0 Å². The largest absolute Gasteiger partial charge is 0.339 e. The van der Waals surface area contributed by atoms with Crippen LogP contribution < -0.4 is 0 Å². The fourth-order valence-corrected chi connectivity index (χ4v) is 3.86. The molecule has 4 nitrogen and oxygen atoms in total. The van der Waals surface area contributed by atoms with Gasteiger partial charge in [0.15, 0.2) is 0 Å². The molecule has 3 rings (SSSR count). The molecule has 25 heavy (non-hydrogen) atoms. The summed E-state index contributed by atoms with van der Waals surface area (Å²) in [6.07, 6.45) is 9.89. The van der Waals surface area contributed by atoms with Crippen LogP contribution in [0, 0.1) is 0 Å². The lowest BCUT2D eigenvalue weighted by atomic mass is 10.1. The van der Waals surface area contributed by atoms with Crippen molar-refractivity contribution in [3.63, 3.8) is 0 Å². The zero-order valence-corrected chi connectivity index (χ0v) is 15.4. The van der Waals surface area contributed by atoms with Crippen LogP contribution in [-0.4, -0.2) is 33.7 Å². The number of amides is 1. The molecule has 0 radical (unpaired) electrons. The third-order valence-electron chi connectivity index (χ3n) is 5.38. The Hall–Kier alpha value is -2.10. The van der Waals surface area contributed by atoms with Crippen molar-refractivity contribution >= 4 is 5.91 Å². The molecule has 1 aliphatic carbocycles. The van der Waals surface area contributed by atoms with Gasteiger partial charge in [0.1, 0.15) is 0 Å². The van der Waals surface area contributed by atoms with Crippen LogP contribution in [0.2, 0.25) is 0 Å². The molecule has 1 saturated carbocycles. The standard InChI is InChI=1S/C21H29N3O/c1-3-20-19(15-22-24(20)16-17-11-7-6-8-12-17)21(25)23(2)18-13-9-4-5-10-14-18/h6-8,11-12,15,18H,3-5,9-10,13-14,16H2,1-2H3. The minimum atomic E-state index is 0.128. The van der Waals surface area contributed by atoms with E-state index in [1.54, 1.807) is 6.20 Å². The summed E-state index contributed by atoms with van der Waals surface area (Å²) < 4.78 is 1.98. The van der Waals surface area contributed by atoms with Crippen molar-refractivity contribution in [3.05, 3.63) is 53.3 Å². The van der Waals surface area contributed by atoms with Crippen LogP contribution >= 0.6 is 0 Å². The Balaban J connectivity index is 1.78. The molecule has 2 aromatic rings. The maximum Gasteiger partial charge on any atom is 0.257 e. The summed E-state index contributed by atoms with van der Waals surface area (Å²) in [4.78, 5) is 15.0. The maximum atomic E-state index is 13.1. The molecule has 0 spiro atoms. The Bertz CT molecular complexity index is 684. The zero-order valence-electron chi connectivity index (χ0n) is 15.4. The van der Waals surface area contributed by atoms with E-state index in [1.807, 2.05) is 34.8 Å². The van der Waals surface area contributed by atoms with E-state index >= 15 is 0 Å². The van der Waals surface area contributed by atoms with Gasteiger partial charge in [-0.1, -0.05) is 62.9 Å². The van der Waals surface area contributed by atoms with Crippen LogP contribution in [0.3, 0.4) is 0 Å². The second kappa shape index (κ2) is 8.32. The van der Waals surface area contributed by atoms with Crippen molar-refractivity contribution in [1.29, 1.82) is 0 Å². The molecule has 1 amide bonds. The molecule has 1 heterocycles. The van der Waals surface area contributed by atoms with Crippen LogP contribution in [0.1, 0.15) is 67.1 Å². The first-order valence-electron chi connectivity index (χ1n) is 9.56. The first-order chi connectivity index (χ1) is 12.2. The van der Waals surface area contributed by atoms with Crippen molar-refractivity contribution < 1.29 is 4.79 Å². The van der Waals surface area contributed by atoms with Crippen LogP contribution in [0.15, 0.2) is 36.5 Å². The summed E-state index contributed by atoms with van der Waals surface area (Å²) in [6, 6.07) is 10.7. The summed E-state index contributed by atoms with van der Waals surface area (Å²) in [7, 11) is 1.96. The van der Waals surface area contributed by atoms with Gasteiger partial charge in [-0.05, 0) is 24.8 Å². The van der Waals surface area contributed by atoms with Crippen molar-refractivity contribution in [3.8, 4) is 0 Å². The Labute approximate surface area is 150 Å². The summed E-state index contributed by atoms with van der Waals surface area (Å²) in [5, 5.41) is 4.52. The summed E-state index contributed by atoms with van der Waals surface area (Å²) in [5.41, 5.74) is 3.01. The number of benzene rings is 1. The van der Waals surface area contributed by atoms with Crippen molar-refractivity contribution in [2.75, 3.05) is 7.05 Å². The van der Waals surface area contributed by atoms with Crippen molar-refractivity contribution in [2.24, 2.45) is 0 Å². The fourth-order valence-electron chi connectivity index (χ4n) is 3.86. The molecule has 0 bridgehead atoms. The summed E-state index contributed by atoms with van der Waals surface area (Å²) in [5.74, 6) is 0.128. The normalized spacial score (nSPS) is 15.8. The van der Waals surface area contributed by atoms with E-state index in [-0.39, 0.29) is 5.91 Å².